The quantitative estimate of drug-likeness (QED) is 0.672. The van der Waals surface area contributed by atoms with Crippen LogP contribution in [0.1, 0.15) is 20.8 Å². The summed E-state index contributed by atoms with van der Waals surface area (Å²) in [6.45, 7) is 9.08. The molecule has 3 nitrogen and oxygen atoms in total. The van der Waals surface area contributed by atoms with E-state index in [9.17, 15) is 9.18 Å². The second-order valence-electron chi connectivity index (χ2n) is 4.31. The molecule has 17 heavy (non-hydrogen) atoms. The fourth-order valence-electron chi connectivity index (χ4n) is 0.965. The largest absolute Gasteiger partial charge is 0.309 e. The molecule has 5 heteroatoms. The van der Waals surface area contributed by atoms with Crippen LogP contribution in [0.4, 0.5) is 10.2 Å². The van der Waals surface area contributed by atoms with Gasteiger partial charge in [-0.3, -0.25) is 4.79 Å². The van der Waals surface area contributed by atoms with Gasteiger partial charge in [0.2, 0.25) is 5.91 Å². The molecule has 0 aromatic carbocycles. The molecule has 0 atom stereocenters. The summed E-state index contributed by atoms with van der Waals surface area (Å²) in [5.41, 5.74) is 0.0262. The monoisotopic (exact) mass is 348 g/mol. The molecule has 0 bridgehead atoms. The molecule has 0 saturated heterocycles. The predicted molar refractivity (Wildman–Crippen MR) is 74.1 cm³/mol. The zero-order valence-corrected chi connectivity index (χ0v) is 12.1. The SMILES string of the molecule is C=C(C)C(C)(C)C(=O)Nc1nccc(F)c1I. The molecule has 1 aromatic heterocycles. The molecule has 1 heterocycles. The average Bonchev–Trinajstić information content (AvgIpc) is 2.24. The van der Waals surface area contributed by atoms with Crippen molar-refractivity contribution in [1.82, 2.24) is 4.98 Å². The van der Waals surface area contributed by atoms with Gasteiger partial charge in [0.25, 0.3) is 0 Å². The van der Waals surface area contributed by atoms with E-state index < -0.39 is 11.2 Å². The molecular weight excluding hydrogens is 334 g/mol. The number of amides is 1. The summed E-state index contributed by atoms with van der Waals surface area (Å²) in [6.07, 6.45) is 1.32. The van der Waals surface area contributed by atoms with E-state index in [0.29, 0.717) is 3.57 Å². The minimum atomic E-state index is -0.711. The van der Waals surface area contributed by atoms with Gasteiger partial charge in [-0.25, -0.2) is 9.37 Å². The standard InChI is InChI=1S/C12H14FIN2O/c1-7(2)12(3,4)11(17)16-10-9(14)8(13)5-6-15-10/h5-6H,1H2,2-4H3,(H,15,16,17). The first-order valence-electron chi connectivity index (χ1n) is 5.04. The summed E-state index contributed by atoms with van der Waals surface area (Å²) in [4.78, 5) is 15.9. The number of rotatable bonds is 3. The van der Waals surface area contributed by atoms with Crippen molar-refractivity contribution >= 4 is 34.3 Å². The van der Waals surface area contributed by atoms with Gasteiger partial charge in [0.15, 0.2) is 0 Å². The minimum Gasteiger partial charge on any atom is -0.309 e. The summed E-state index contributed by atoms with van der Waals surface area (Å²) < 4.78 is 13.6. The summed E-state index contributed by atoms with van der Waals surface area (Å²) in [6, 6.07) is 1.25. The van der Waals surface area contributed by atoms with Crippen LogP contribution in [0.2, 0.25) is 0 Å². The minimum absolute atomic E-state index is 0.241. The number of halogens is 2. The average molecular weight is 348 g/mol. The van der Waals surface area contributed by atoms with Crippen LogP contribution in [0.3, 0.4) is 0 Å². The first-order chi connectivity index (χ1) is 7.76. The van der Waals surface area contributed by atoms with Crippen LogP contribution in [0.15, 0.2) is 24.4 Å². The second-order valence-corrected chi connectivity index (χ2v) is 5.39. The van der Waals surface area contributed by atoms with Crippen LogP contribution in [-0.4, -0.2) is 10.9 Å². The van der Waals surface area contributed by atoms with Crippen LogP contribution in [0, 0.1) is 14.8 Å². The van der Waals surface area contributed by atoms with Crippen molar-refractivity contribution in [3.05, 3.63) is 33.8 Å². The maximum atomic E-state index is 13.3. The number of aromatic nitrogens is 1. The lowest BCUT2D eigenvalue weighted by molar-refractivity contribution is -0.122. The highest BCUT2D eigenvalue weighted by Gasteiger charge is 2.29. The molecule has 0 aliphatic rings. The van der Waals surface area contributed by atoms with Crippen molar-refractivity contribution < 1.29 is 9.18 Å². The van der Waals surface area contributed by atoms with Crippen LogP contribution < -0.4 is 5.32 Å². The highest BCUT2D eigenvalue weighted by atomic mass is 127. The Hall–Kier alpha value is -0.980. The van der Waals surface area contributed by atoms with Crippen molar-refractivity contribution in [2.24, 2.45) is 5.41 Å². The van der Waals surface area contributed by atoms with Gasteiger partial charge in [-0.15, -0.1) is 0 Å². The fourth-order valence-corrected chi connectivity index (χ4v) is 1.42. The molecule has 1 aromatic rings. The van der Waals surface area contributed by atoms with Gasteiger partial charge in [-0.05, 0) is 49.4 Å². The lowest BCUT2D eigenvalue weighted by atomic mass is 9.85. The summed E-state index contributed by atoms with van der Waals surface area (Å²) >= 11 is 1.81. The number of pyridine rings is 1. The van der Waals surface area contributed by atoms with Crippen LogP contribution in [-0.2, 0) is 4.79 Å². The number of carbonyl (C=O) groups excluding carboxylic acids is 1. The molecule has 0 aliphatic carbocycles. The third-order valence-electron chi connectivity index (χ3n) is 2.71. The third-order valence-corrected chi connectivity index (χ3v) is 3.73. The van der Waals surface area contributed by atoms with Crippen molar-refractivity contribution in [1.29, 1.82) is 0 Å². The lowest BCUT2D eigenvalue weighted by Crippen LogP contribution is -2.32. The smallest absolute Gasteiger partial charge is 0.235 e. The first kappa shape index (κ1) is 14.1. The number of carbonyl (C=O) groups is 1. The van der Waals surface area contributed by atoms with E-state index in [0.717, 1.165) is 5.57 Å². The fraction of sp³-hybridized carbons (Fsp3) is 0.333. The Bertz CT molecular complexity index is 472. The summed E-state index contributed by atoms with van der Waals surface area (Å²) in [7, 11) is 0. The van der Waals surface area contributed by atoms with Crippen molar-refractivity contribution in [2.45, 2.75) is 20.8 Å². The van der Waals surface area contributed by atoms with Gasteiger partial charge in [-0.2, -0.15) is 0 Å². The molecule has 0 radical (unpaired) electrons. The lowest BCUT2D eigenvalue weighted by Gasteiger charge is -2.23. The molecule has 1 rings (SSSR count). The van der Waals surface area contributed by atoms with E-state index in [2.05, 4.69) is 16.9 Å². The number of hydrogen-bond donors (Lipinski definition) is 1. The van der Waals surface area contributed by atoms with Crippen molar-refractivity contribution in [3.63, 3.8) is 0 Å². The van der Waals surface area contributed by atoms with E-state index in [-0.39, 0.29) is 11.7 Å². The van der Waals surface area contributed by atoms with Crippen LogP contribution in [0.5, 0.6) is 0 Å². The van der Waals surface area contributed by atoms with Gasteiger partial charge in [0.05, 0.1) is 8.99 Å². The van der Waals surface area contributed by atoms with Crippen molar-refractivity contribution in [3.8, 4) is 0 Å². The van der Waals surface area contributed by atoms with E-state index in [1.807, 2.05) is 22.6 Å². The third kappa shape index (κ3) is 3.02. The highest BCUT2D eigenvalue weighted by Crippen LogP contribution is 2.27. The zero-order valence-electron chi connectivity index (χ0n) is 9.97. The topological polar surface area (TPSA) is 42.0 Å². The van der Waals surface area contributed by atoms with Crippen molar-refractivity contribution in [2.75, 3.05) is 5.32 Å². The van der Waals surface area contributed by atoms with E-state index in [1.165, 1.54) is 12.3 Å². The van der Waals surface area contributed by atoms with Gasteiger partial charge in [-0.1, -0.05) is 12.2 Å². The number of nitrogens with zero attached hydrogens (tertiary/aromatic N) is 1. The molecular formula is C12H14FIN2O. The normalized spacial score (nSPS) is 11.1. The molecule has 0 aliphatic heterocycles. The summed E-state index contributed by atoms with van der Waals surface area (Å²) in [5.74, 6) is -0.407. The van der Waals surface area contributed by atoms with Crippen LogP contribution in [0.25, 0.3) is 0 Å². The maximum Gasteiger partial charge on any atom is 0.235 e. The zero-order chi connectivity index (χ0) is 13.2. The Kier molecular flexibility index (Phi) is 4.24. The predicted octanol–water partition coefficient (Wildman–Crippen LogP) is 3.37. The van der Waals surface area contributed by atoms with E-state index in [4.69, 9.17) is 0 Å². The van der Waals surface area contributed by atoms with E-state index in [1.54, 1.807) is 20.8 Å². The first-order valence-corrected chi connectivity index (χ1v) is 6.12. The Balaban J connectivity index is 2.97. The molecule has 0 spiro atoms. The maximum absolute atomic E-state index is 13.3. The van der Waals surface area contributed by atoms with Gasteiger partial charge < -0.3 is 5.32 Å². The molecule has 1 amide bonds. The molecule has 0 unspecified atom stereocenters. The Morgan fingerprint density at radius 2 is 2.18 bits per heavy atom. The number of nitrogens with one attached hydrogen (secondary N) is 1. The molecule has 0 fully saturated rings. The molecule has 0 saturated carbocycles. The molecule has 92 valence electrons. The number of hydrogen-bond acceptors (Lipinski definition) is 2. The highest BCUT2D eigenvalue weighted by molar-refractivity contribution is 14.1. The van der Waals surface area contributed by atoms with Gasteiger partial charge in [0, 0.05) is 6.20 Å². The second kappa shape index (κ2) is 5.12. The van der Waals surface area contributed by atoms with Gasteiger partial charge in [0.1, 0.15) is 11.6 Å². The molecule has 1 N–H and O–H groups in total. The summed E-state index contributed by atoms with van der Waals surface area (Å²) in [5, 5.41) is 2.61. The van der Waals surface area contributed by atoms with Crippen LogP contribution >= 0.6 is 22.6 Å². The Morgan fingerprint density at radius 1 is 1.59 bits per heavy atom. The Labute approximate surface area is 114 Å². The van der Waals surface area contributed by atoms with E-state index >= 15 is 0 Å². The number of anilines is 1. The van der Waals surface area contributed by atoms with Gasteiger partial charge >= 0.3 is 0 Å². The Morgan fingerprint density at radius 3 is 2.71 bits per heavy atom.